The Morgan fingerprint density at radius 2 is 1.83 bits per heavy atom. The van der Waals surface area contributed by atoms with Gasteiger partial charge in [-0.1, -0.05) is 71.5 Å². The Labute approximate surface area is 120 Å². The Morgan fingerprint density at radius 3 is 2.28 bits per heavy atom. The maximum Gasteiger partial charge on any atom is 0.0132 e. The molecule has 0 aromatic heterocycles. The monoisotopic (exact) mass is 306 g/mol. The van der Waals surface area contributed by atoms with Crippen LogP contribution in [0.25, 0.3) is 0 Å². The molecule has 18 heavy (non-hydrogen) atoms. The summed E-state index contributed by atoms with van der Waals surface area (Å²) in [5, 5.41) is 0. The highest BCUT2D eigenvalue weighted by Crippen LogP contribution is 2.21. The molecule has 0 amide bonds. The van der Waals surface area contributed by atoms with Crippen molar-refractivity contribution < 1.29 is 0 Å². The molecule has 0 radical (unpaired) electrons. The highest BCUT2D eigenvalue weighted by Gasteiger charge is 2.01. The van der Waals surface area contributed by atoms with Gasteiger partial charge in [0.1, 0.15) is 0 Å². The van der Waals surface area contributed by atoms with Crippen LogP contribution in [0.1, 0.15) is 34.1 Å². The molecule has 0 aliphatic rings. The van der Waals surface area contributed by atoms with E-state index in [4.69, 9.17) is 0 Å². The minimum absolute atomic E-state index is 1.01. The molecule has 0 aromatic rings. The van der Waals surface area contributed by atoms with Crippen LogP contribution in [-0.2, 0) is 0 Å². The summed E-state index contributed by atoms with van der Waals surface area (Å²) >= 11 is 3.49. The quantitative estimate of drug-likeness (QED) is 0.508. The Hall–Kier alpha value is -1.08. The zero-order valence-corrected chi connectivity index (χ0v) is 13.4. The topological polar surface area (TPSA) is 0 Å². The second-order valence-electron chi connectivity index (χ2n) is 4.09. The second kappa shape index (κ2) is 9.90. The first-order valence-electron chi connectivity index (χ1n) is 6.22. The molecule has 0 aliphatic heterocycles. The molecule has 0 bridgehead atoms. The van der Waals surface area contributed by atoms with Crippen molar-refractivity contribution in [3.63, 3.8) is 0 Å². The molecule has 0 saturated heterocycles. The van der Waals surface area contributed by atoms with Gasteiger partial charge < -0.3 is 0 Å². The molecule has 0 heterocycles. The fourth-order valence-corrected chi connectivity index (χ4v) is 1.63. The zero-order valence-electron chi connectivity index (χ0n) is 11.8. The van der Waals surface area contributed by atoms with Crippen LogP contribution in [0.4, 0.5) is 0 Å². The lowest BCUT2D eigenvalue weighted by Crippen LogP contribution is -1.88. The van der Waals surface area contributed by atoms with E-state index in [0.717, 1.165) is 10.9 Å². The van der Waals surface area contributed by atoms with Crippen molar-refractivity contribution in [2.24, 2.45) is 0 Å². The first kappa shape index (κ1) is 16.9. The Balaban J connectivity index is 5.29. The van der Waals surface area contributed by atoms with Gasteiger partial charge in [-0.05, 0) is 44.4 Å². The molecule has 0 spiro atoms. The number of allylic oxidation sites excluding steroid dienone is 11. The van der Waals surface area contributed by atoms with Crippen molar-refractivity contribution in [2.75, 3.05) is 0 Å². The van der Waals surface area contributed by atoms with E-state index < -0.39 is 0 Å². The summed E-state index contributed by atoms with van der Waals surface area (Å²) < 4.78 is 1.10. The molecule has 0 rings (SSSR count). The van der Waals surface area contributed by atoms with Gasteiger partial charge >= 0.3 is 0 Å². The fourth-order valence-electron chi connectivity index (χ4n) is 1.50. The van der Waals surface area contributed by atoms with E-state index >= 15 is 0 Å². The van der Waals surface area contributed by atoms with Crippen LogP contribution < -0.4 is 0 Å². The third-order valence-electron chi connectivity index (χ3n) is 2.50. The SMILES string of the molecule is C=C/C=C\C=C(/CC)C(/C=C\C(Br)=C/C)=C(C)C. The molecule has 0 fully saturated rings. The van der Waals surface area contributed by atoms with Gasteiger partial charge in [-0.15, -0.1) is 0 Å². The van der Waals surface area contributed by atoms with Gasteiger partial charge in [-0.25, -0.2) is 0 Å². The smallest absolute Gasteiger partial charge is 0.0132 e. The van der Waals surface area contributed by atoms with Crippen molar-refractivity contribution in [3.05, 3.63) is 70.3 Å². The van der Waals surface area contributed by atoms with Crippen LogP contribution >= 0.6 is 15.9 Å². The molecule has 0 aromatic carbocycles. The molecule has 98 valence electrons. The summed E-state index contributed by atoms with van der Waals surface area (Å²) in [6.07, 6.45) is 15.2. The molecule has 0 saturated carbocycles. The van der Waals surface area contributed by atoms with Crippen molar-refractivity contribution >= 4 is 15.9 Å². The van der Waals surface area contributed by atoms with Gasteiger partial charge in [-0.3, -0.25) is 0 Å². The highest BCUT2D eigenvalue weighted by atomic mass is 79.9. The fraction of sp³-hybridized carbons (Fsp3) is 0.294. The molecule has 0 unspecified atom stereocenters. The van der Waals surface area contributed by atoms with Crippen LogP contribution in [0, 0.1) is 0 Å². The van der Waals surface area contributed by atoms with E-state index in [1.165, 1.54) is 16.7 Å². The minimum Gasteiger partial charge on any atom is -0.0991 e. The highest BCUT2D eigenvalue weighted by molar-refractivity contribution is 9.11. The number of hydrogen-bond donors (Lipinski definition) is 0. The van der Waals surface area contributed by atoms with Crippen molar-refractivity contribution in [1.29, 1.82) is 0 Å². The van der Waals surface area contributed by atoms with E-state index in [-0.39, 0.29) is 0 Å². The first-order valence-corrected chi connectivity index (χ1v) is 7.02. The lowest BCUT2D eigenvalue weighted by molar-refractivity contribution is 1.10. The van der Waals surface area contributed by atoms with Gasteiger partial charge in [0.25, 0.3) is 0 Å². The molecular weight excluding hydrogens is 284 g/mol. The zero-order chi connectivity index (χ0) is 14.0. The maximum atomic E-state index is 3.68. The van der Waals surface area contributed by atoms with E-state index in [1.54, 1.807) is 6.08 Å². The summed E-state index contributed by atoms with van der Waals surface area (Å²) in [5.74, 6) is 0. The Kier molecular flexibility index (Phi) is 9.31. The summed E-state index contributed by atoms with van der Waals surface area (Å²) in [6, 6.07) is 0. The normalized spacial score (nSPS) is 13.4. The minimum atomic E-state index is 1.01. The van der Waals surface area contributed by atoms with E-state index in [9.17, 15) is 0 Å². The average Bonchev–Trinajstić information content (AvgIpc) is 2.36. The van der Waals surface area contributed by atoms with Crippen LogP contribution in [0.15, 0.2) is 70.3 Å². The standard InChI is InChI=1S/C17H23Br/c1-6-9-10-11-15(7-2)17(14(4)5)13-12-16(18)8-3/h6,8-13H,1,7H2,2-5H3/b10-9-,13-12-,15-11+,16-8+. The van der Waals surface area contributed by atoms with Gasteiger partial charge in [0.05, 0.1) is 0 Å². The van der Waals surface area contributed by atoms with Crippen molar-refractivity contribution in [1.82, 2.24) is 0 Å². The average molecular weight is 307 g/mol. The van der Waals surface area contributed by atoms with Gasteiger partial charge in [0.2, 0.25) is 0 Å². The summed E-state index contributed by atoms with van der Waals surface area (Å²) in [5.41, 5.74) is 3.95. The lowest BCUT2D eigenvalue weighted by atomic mass is 9.98. The number of rotatable bonds is 6. The molecule has 0 atom stereocenters. The van der Waals surface area contributed by atoms with Gasteiger partial charge in [0, 0.05) is 4.48 Å². The maximum absolute atomic E-state index is 3.68. The second-order valence-corrected chi connectivity index (χ2v) is 5.00. The van der Waals surface area contributed by atoms with Crippen molar-refractivity contribution in [3.8, 4) is 0 Å². The first-order chi connectivity index (χ1) is 8.56. The molecule has 0 nitrogen and oxygen atoms in total. The summed E-state index contributed by atoms with van der Waals surface area (Å²) in [4.78, 5) is 0. The largest absolute Gasteiger partial charge is 0.0991 e. The number of hydrogen-bond acceptors (Lipinski definition) is 0. The third kappa shape index (κ3) is 6.61. The van der Waals surface area contributed by atoms with E-state index in [0.29, 0.717) is 0 Å². The van der Waals surface area contributed by atoms with Gasteiger partial charge in [0.15, 0.2) is 0 Å². The van der Waals surface area contributed by atoms with E-state index in [2.05, 4.69) is 61.5 Å². The number of halogens is 1. The van der Waals surface area contributed by atoms with Crippen molar-refractivity contribution in [2.45, 2.75) is 34.1 Å². The van der Waals surface area contributed by atoms with Crippen LogP contribution in [0.2, 0.25) is 0 Å². The Morgan fingerprint density at radius 1 is 1.17 bits per heavy atom. The van der Waals surface area contributed by atoms with E-state index in [1.807, 2.05) is 25.2 Å². The van der Waals surface area contributed by atoms with Crippen LogP contribution in [0.3, 0.4) is 0 Å². The third-order valence-corrected chi connectivity index (χ3v) is 3.22. The summed E-state index contributed by atoms with van der Waals surface area (Å²) in [6.45, 7) is 12.2. The molecule has 0 aliphatic carbocycles. The molecule has 1 heteroatoms. The lowest BCUT2D eigenvalue weighted by Gasteiger charge is -2.08. The Bertz CT molecular complexity index is 411. The predicted octanol–water partition coefficient (Wildman–Crippen LogP) is 6.26. The molecular formula is C17H23Br. The predicted molar refractivity (Wildman–Crippen MR) is 87.9 cm³/mol. The van der Waals surface area contributed by atoms with Gasteiger partial charge in [-0.2, -0.15) is 0 Å². The van der Waals surface area contributed by atoms with Crippen LogP contribution in [-0.4, -0.2) is 0 Å². The molecule has 0 N–H and O–H groups in total. The summed E-state index contributed by atoms with van der Waals surface area (Å²) in [7, 11) is 0. The van der Waals surface area contributed by atoms with Crippen LogP contribution in [0.5, 0.6) is 0 Å².